The molecule has 2 heterocycles. The van der Waals surface area contributed by atoms with Gasteiger partial charge in [-0.3, -0.25) is 0 Å². The van der Waals surface area contributed by atoms with Crippen LogP contribution >= 0.6 is 22.4 Å². The third-order valence-electron chi connectivity index (χ3n) is 1.62. The van der Waals surface area contributed by atoms with Crippen molar-refractivity contribution in [2.24, 2.45) is 0 Å². The summed E-state index contributed by atoms with van der Waals surface area (Å²) in [5.74, 6) is 0.237. The maximum absolute atomic E-state index is 10.7. The number of halogens is 1. The van der Waals surface area contributed by atoms with Crippen molar-refractivity contribution in [2.45, 2.75) is 5.03 Å². The highest BCUT2D eigenvalue weighted by Crippen LogP contribution is 2.15. The van der Waals surface area contributed by atoms with Crippen molar-refractivity contribution in [1.29, 1.82) is 0 Å². The van der Waals surface area contributed by atoms with Gasteiger partial charge < -0.3 is 0 Å². The van der Waals surface area contributed by atoms with E-state index in [-0.39, 0.29) is 5.75 Å². The van der Waals surface area contributed by atoms with Crippen LogP contribution in [0, 0.1) is 0 Å². The van der Waals surface area contributed by atoms with E-state index in [0.717, 1.165) is 0 Å². The van der Waals surface area contributed by atoms with Crippen LogP contribution in [0.2, 0.25) is 0 Å². The number of rotatable bonds is 4. The van der Waals surface area contributed by atoms with Crippen LogP contribution in [0.3, 0.4) is 0 Å². The van der Waals surface area contributed by atoms with Crippen molar-refractivity contribution in [3.8, 4) is 0 Å². The Labute approximate surface area is 99.6 Å². The summed E-state index contributed by atoms with van der Waals surface area (Å²) in [6.45, 7) is 0. The second kappa shape index (κ2) is 4.52. The van der Waals surface area contributed by atoms with E-state index < -0.39 is 9.05 Å². The molecule has 0 aliphatic rings. The van der Waals surface area contributed by atoms with Crippen molar-refractivity contribution in [3.05, 3.63) is 12.1 Å². The molecule has 0 N–H and O–H groups in total. The lowest BCUT2D eigenvalue weighted by molar-refractivity contribution is 0.611. The third-order valence-corrected chi connectivity index (χ3v) is 3.96. The predicted molar refractivity (Wildman–Crippen MR) is 58.9 cm³/mol. The molecule has 0 amide bonds. The van der Waals surface area contributed by atoms with E-state index >= 15 is 0 Å². The van der Waals surface area contributed by atoms with Gasteiger partial charge in [0.2, 0.25) is 9.05 Å². The van der Waals surface area contributed by atoms with E-state index in [4.69, 9.17) is 10.7 Å². The lowest BCUT2D eigenvalue weighted by atomic mass is 10.6. The highest BCUT2D eigenvalue weighted by Gasteiger charge is 2.06. The fraction of sp³-hybridized carbons (Fsp3) is 0.333. The summed E-state index contributed by atoms with van der Waals surface area (Å²) in [4.78, 5) is 0. The third kappa shape index (κ3) is 3.03. The SMILES string of the molecule is O=S(=O)(Cl)CCSc1ccc2nnnn2n1. The van der Waals surface area contributed by atoms with Crippen molar-refractivity contribution >= 4 is 37.1 Å². The first-order valence-electron chi connectivity index (χ1n) is 4.15. The van der Waals surface area contributed by atoms with Gasteiger partial charge in [0, 0.05) is 16.4 Å². The van der Waals surface area contributed by atoms with E-state index in [2.05, 4.69) is 20.6 Å². The summed E-state index contributed by atoms with van der Waals surface area (Å²) >= 11 is 1.27. The van der Waals surface area contributed by atoms with Crippen molar-refractivity contribution in [1.82, 2.24) is 25.3 Å². The van der Waals surface area contributed by atoms with Gasteiger partial charge in [-0.05, 0) is 22.6 Å². The molecular formula is C6H6ClN5O2S2. The zero-order valence-electron chi connectivity index (χ0n) is 7.82. The van der Waals surface area contributed by atoms with Crippen LogP contribution in [-0.2, 0) is 9.05 Å². The van der Waals surface area contributed by atoms with Crippen LogP contribution < -0.4 is 0 Å². The normalized spacial score (nSPS) is 12.1. The van der Waals surface area contributed by atoms with Gasteiger partial charge in [0.05, 0.1) is 5.75 Å². The van der Waals surface area contributed by atoms with Crippen LogP contribution in [0.5, 0.6) is 0 Å². The smallest absolute Gasteiger partial charge is 0.212 e. The van der Waals surface area contributed by atoms with Gasteiger partial charge in [0.1, 0.15) is 5.03 Å². The van der Waals surface area contributed by atoms with Crippen LogP contribution in [0.1, 0.15) is 0 Å². The molecule has 86 valence electrons. The van der Waals surface area contributed by atoms with Crippen LogP contribution in [-0.4, -0.2) is 45.2 Å². The van der Waals surface area contributed by atoms with Gasteiger partial charge in [0.15, 0.2) is 5.65 Å². The number of nitrogens with zero attached hydrogens (tertiary/aromatic N) is 5. The fourth-order valence-corrected chi connectivity index (χ4v) is 3.16. The molecule has 7 nitrogen and oxygen atoms in total. The van der Waals surface area contributed by atoms with Crippen molar-refractivity contribution in [2.75, 3.05) is 11.5 Å². The van der Waals surface area contributed by atoms with E-state index in [1.807, 2.05) is 0 Å². The zero-order chi connectivity index (χ0) is 11.6. The fourth-order valence-electron chi connectivity index (χ4n) is 0.956. The molecule has 0 aliphatic heterocycles. The topological polar surface area (TPSA) is 90.1 Å². The number of aromatic nitrogens is 5. The molecule has 10 heteroatoms. The number of fused-ring (bicyclic) bond motifs is 1. The first-order valence-corrected chi connectivity index (χ1v) is 7.61. The molecule has 0 saturated heterocycles. The summed E-state index contributed by atoms with van der Waals surface area (Å²) < 4.78 is 22.6. The molecular weight excluding hydrogens is 274 g/mol. The Morgan fingerprint density at radius 3 is 3.00 bits per heavy atom. The number of tetrazole rings is 1. The molecule has 0 unspecified atom stereocenters. The average Bonchev–Trinajstić information content (AvgIpc) is 2.62. The van der Waals surface area contributed by atoms with Crippen molar-refractivity contribution < 1.29 is 8.42 Å². The summed E-state index contributed by atoms with van der Waals surface area (Å²) in [5.41, 5.74) is 0.536. The maximum atomic E-state index is 10.7. The van der Waals surface area contributed by atoms with Gasteiger partial charge in [-0.2, -0.15) is 0 Å². The standard InChI is InChI=1S/C6H6ClN5O2S2/c7-16(13,14)4-3-15-6-2-1-5-8-10-11-12(5)9-6/h1-2H,3-4H2. The monoisotopic (exact) mass is 279 g/mol. The summed E-state index contributed by atoms with van der Waals surface area (Å²) in [5, 5.41) is 15.5. The van der Waals surface area contributed by atoms with E-state index in [1.165, 1.54) is 16.4 Å². The van der Waals surface area contributed by atoms with E-state index in [1.54, 1.807) is 12.1 Å². The quantitative estimate of drug-likeness (QED) is 0.582. The number of thioether (sulfide) groups is 1. The largest absolute Gasteiger partial charge is 0.233 e. The molecule has 0 radical (unpaired) electrons. The van der Waals surface area contributed by atoms with Gasteiger partial charge in [-0.25, -0.2) is 8.42 Å². The second-order valence-electron chi connectivity index (χ2n) is 2.79. The molecule has 2 aromatic rings. The highest BCUT2D eigenvalue weighted by molar-refractivity contribution is 8.14. The Balaban J connectivity index is 2.04. The van der Waals surface area contributed by atoms with Gasteiger partial charge >= 0.3 is 0 Å². The Morgan fingerprint density at radius 2 is 2.25 bits per heavy atom. The molecule has 16 heavy (non-hydrogen) atoms. The number of hydrogen-bond acceptors (Lipinski definition) is 7. The van der Waals surface area contributed by atoms with Gasteiger partial charge in [-0.1, -0.05) is 0 Å². The first-order chi connectivity index (χ1) is 7.54. The lowest BCUT2D eigenvalue weighted by Crippen LogP contribution is -2.01. The molecule has 0 spiro atoms. The average molecular weight is 280 g/mol. The van der Waals surface area contributed by atoms with Crippen LogP contribution in [0.25, 0.3) is 5.65 Å². The minimum absolute atomic E-state index is 0.103. The summed E-state index contributed by atoms with van der Waals surface area (Å²) in [7, 11) is 1.63. The Hall–Kier alpha value is -0.930. The second-order valence-corrected chi connectivity index (χ2v) is 6.80. The molecule has 0 bridgehead atoms. The van der Waals surface area contributed by atoms with E-state index in [9.17, 15) is 8.42 Å². The van der Waals surface area contributed by atoms with Crippen LogP contribution in [0.15, 0.2) is 17.2 Å². The maximum Gasteiger partial charge on any atom is 0.233 e. The summed E-state index contributed by atoms with van der Waals surface area (Å²) in [6, 6.07) is 3.42. The van der Waals surface area contributed by atoms with Crippen molar-refractivity contribution in [3.63, 3.8) is 0 Å². The van der Waals surface area contributed by atoms with Gasteiger partial charge in [-0.15, -0.1) is 26.6 Å². The Bertz CT molecular complexity index is 598. The molecule has 0 saturated carbocycles. The lowest BCUT2D eigenvalue weighted by Gasteiger charge is -1.98. The minimum Gasteiger partial charge on any atom is -0.212 e. The Morgan fingerprint density at radius 1 is 1.44 bits per heavy atom. The molecule has 0 atom stereocenters. The summed E-state index contributed by atoms with van der Waals surface area (Å²) in [6.07, 6.45) is 0. The molecule has 0 aromatic carbocycles. The number of hydrogen-bond donors (Lipinski definition) is 0. The van der Waals surface area contributed by atoms with Crippen LogP contribution in [0.4, 0.5) is 0 Å². The molecule has 0 fully saturated rings. The first kappa shape index (κ1) is 11.6. The predicted octanol–water partition coefficient (Wildman–Crippen LogP) is 0.180. The Kier molecular flexibility index (Phi) is 3.26. The van der Waals surface area contributed by atoms with Gasteiger partial charge in [0.25, 0.3) is 0 Å². The molecule has 2 aromatic heterocycles. The zero-order valence-corrected chi connectivity index (χ0v) is 10.2. The molecule has 2 rings (SSSR count). The minimum atomic E-state index is -3.45. The highest BCUT2D eigenvalue weighted by atomic mass is 35.7. The van der Waals surface area contributed by atoms with E-state index in [0.29, 0.717) is 16.4 Å². The molecule has 0 aliphatic carbocycles.